The molecule has 3 aromatic carbocycles. The smallest absolute Gasteiger partial charge is 0.410 e. The van der Waals surface area contributed by atoms with E-state index in [-0.39, 0.29) is 18.1 Å². The van der Waals surface area contributed by atoms with E-state index < -0.39 is 5.60 Å². The summed E-state index contributed by atoms with van der Waals surface area (Å²) in [6.45, 7) is 11.7. The van der Waals surface area contributed by atoms with Gasteiger partial charge in [-0.2, -0.15) is 0 Å². The Bertz CT molecular complexity index is 1180. The fourth-order valence-corrected chi connectivity index (χ4v) is 4.70. The molecule has 1 saturated heterocycles. The normalized spacial score (nSPS) is 17.6. The van der Waals surface area contributed by atoms with Crippen LogP contribution in [-0.2, 0) is 4.74 Å². The first-order chi connectivity index (χ1) is 17.6. The zero-order chi connectivity index (χ0) is 26.6. The van der Waals surface area contributed by atoms with Crippen LogP contribution in [0.3, 0.4) is 0 Å². The molecule has 0 bridgehead atoms. The Kier molecular flexibility index (Phi) is 8.33. The molecule has 0 unspecified atom stereocenters. The van der Waals surface area contributed by atoms with Gasteiger partial charge < -0.3 is 19.3 Å². The molecule has 0 radical (unpaired) electrons. The van der Waals surface area contributed by atoms with Crippen LogP contribution in [0.1, 0.15) is 46.1 Å². The molecule has 0 spiro atoms. The average Bonchev–Trinajstić information content (AvgIpc) is 3.25. The number of anilines is 2. The topological polar surface area (TPSA) is 42.0 Å². The van der Waals surface area contributed by atoms with Crippen molar-refractivity contribution >= 4 is 29.1 Å². The van der Waals surface area contributed by atoms with Crippen molar-refractivity contribution in [1.29, 1.82) is 0 Å². The van der Waals surface area contributed by atoms with E-state index >= 15 is 0 Å². The van der Waals surface area contributed by atoms with Gasteiger partial charge in [0.25, 0.3) is 0 Å². The number of nitrogens with zero attached hydrogens (tertiary/aromatic N) is 2. The molecule has 1 heterocycles. The SMILES string of the molecule is CC(C)c1cccc(O[C@H]2CN(C(=O)OC(C)(C)C)C[C@H]2CN(c2ccccc2)c2ccc(Cl)cc2)c1. The minimum atomic E-state index is -0.559. The van der Waals surface area contributed by atoms with Crippen LogP contribution in [0.2, 0.25) is 5.02 Å². The van der Waals surface area contributed by atoms with E-state index in [1.54, 1.807) is 4.90 Å². The Labute approximate surface area is 225 Å². The number of halogens is 1. The van der Waals surface area contributed by atoms with E-state index in [4.69, 9.17) is 21.1 Å². The molecule has 3 aromatic rings. The number of likely N-dealkylation sites (tertiary alicyclic amines) is 1. The van der Waals surface area contributed by atoms with E-state index in [1.807, 2.05) is 75.4 Å². The van der Waals surface area contributed by atoms with Crippen LogP contribution in [0, 0.1) is 5.92 Å². The van der Waals surface area contributed by atoms with E-state index in [2.05, 4.69) is 43.0 Å². The van der Waals surface area contributed by atoms with Crippen molar-refractivity contribution in [3.05, 3.63) is 89.4 Å². The lowest BCUT2D eigenvalue weighted by Gasteiger charge is -2.30. The molecule has 1 aliphatic heterocycles. The second-order valence-electron chi connectivity index (χ2n) is 11.0. The number of amides is 1. The van der Waals surface area contributed by atoms with Crippen molar-refractivity contribution in [1.82, 2.24) is 4.90 Å². The maximum Gasteiger partial charge on any atom is 0.410 e. The van der Waals surface area contributed by atoms with Gasteiger partial charge in [0.2, 0.25) is 0 Å². The molecule has 0 aliphatic carbocycles. The maximum absolute atomic E-state index is 13.0. The number of carbonyl (C=O) groups is 1. The molecule has 5 nitrogen and oxygen atoms in total. The molecule has 0 saturated carbocycles. The van der Waals surface area contributed by atoms with Gasteiger partial charge in [-0.1, -0.05) is 55.8 Å². The lowest BCUT2D eigenvalue weighted by molar-refractivity contribution is 0.0274. The van der Waals surface area contributed by atoms with Crippen LogP contribution in [0.5, 0.6) is 5.75 Å². The van der Waals surface area contributed by atoms with Gasteiger partial charge in [0.15, 0.2) is 0 Å². The summed E-state index contributed by atoms with van der Waals surface area (Å²) in [5.41, 5.74) is 2.77. The first-order valence-corrected chi connectivity index (χ1v) is 13.3. The predicted molar refractivity (Wildman–Crippen MR) is 151 cm³/mol. The van der Waals surface area contributed by atoms with Crippen molar-refractivity contribution in [3.8, 4) is 5.75 Å². The van der Waals surface area contributed by atoms with Crippen LogP contribution in [0.4, 0.5) is 16.2 Å². The summed E-state index contributed by atoms with van der Waals surface area (Å²) in [6, 6.07) is 26.4. The number of para-hydroxylation sites is 1. The van der Waals surface area contributed by atoms with Crippen molar-refractivity contribution in [2.75, 3.05) is 24.5 Å². The van der Waals surface area contributed by atoms with Gasteiger partial charge in [-0.15, -0.1) is 0 Å². The molecule has 1 aliphatic rings. The number of rotatable bonds is 7. The summed E-state index contributed by atoms with van der Waals surface area (Å²) >= 11 is 6.19. The molecule has 4 rings (SSSR count). The second kappa shape index (κ2) is 11.5. The first kappa shape index (κ1) is 26.9. The largest absolute Gasteiger partial charge is 0.488 e. The van der Waals surface area contributed by atoms with E-state index in [9.17, 15) is 4.79 Å². The molecular formula is C31H37ClN2O3. The van der Waals surface area contributed by atoms with Gasteiger partial charge in [0, 0.05) is 35.4 Å². The highest BCUT2D eigenvalue weighted by Gasteiger charge is 2.40. The number of hydrogen-bond acceptors (Lipinski definition) is 4. The lowest BCUT2D eigenvalue weighted by Crippen LogP contribution is -2.36. The summed E-state index contributed by atoms with van der Waals surface area (Å²) < 4.78 is 12.3. The van der Waals surface area contributed by atoms with Gasteiger partial charge >= 0.3 is 6.09 Å². The molecule has 1 amide bonds. The highest BCUT2D eigenvalue weighted by Crippen LogP contribution is 2.32. The first-order valence-electron chi connectivity index (χ1n) is 12.9. The standard InChI is InChI=1S/C31H37ClN2O3/c1-22(2)23-10-9-13-28(18-23)36-29-21-33(30(35)37-31(3,4)5)19-24(29)20-34(26-11-7-6-8-12-26)27-16-14-25(32)15-17-27/h6-18,22,24,29H,19-21H2,1-5H3/t24-,29-/m0/s1. The molecule has 1 fully saturated rings. The fourth-order valence-electron chi connectivity index (χ4n) is 4.57. The van der Waals surface area contributed by atoms with Crippen LogP contribution >= 0.6 is 11.6 Å². The summed E-state index contributed by atoms with van der Waals surface area (Å²) in [5.74, 6) is 1.27. The maximum atomic E-state index is 13.0. The Hall–Kier alpha value is -3.18. The zero-order valence-corrected chi connectivity index (χ0v) is 23.1. The molecule has 196 valence electrons. The summed E-state index contributed by atoms with van der Waals surface area (Å²) in [6.07, 6.45) is -0.495. The van der Waals surface area contributed by atoms with E-state index in [1.165, 1.54) is 5.56 Å². The molecule has 6 heteroatoms. The Morgan fingerprint density at radius 3 is 2.30 bits per heavy atom. The van der Waals surface area contributed by atoms with Crippen LogP contribution in [0.25, 0.3) is 0 Å². The van der Waals surface area contributed by atoms with E-state index in [0.717, 1.165) is 17.1 Å². The third-order valence-electron chi connectivity index (χ3n) is 6.47. The molecule has 0 aromatic heterocycles. The lowest BCUT2D eigenvalue weighted by atomic mass is 10.0. The highest BCUT2D eigenvalue weighted by molar-refractivity contribution is 6.30. The van der Waals surface area contributed by atoms with E-state index in [0.29, 0.717) is 30.6 Å². The van der Waals surface area contributed by atoms with Crippen molar-refractivity contribution < 1.29 is 14.3 Å². The number of benzene rings is 3. The second-order valence-corrected chi connectivity index (χ2v) is 11.4. The average molecular weight is 521 g/mol. The summed E-state index contributed by atoms with van der Waals surface area (Å²) in [7, 11) is 0. The third kappa shape index (κ3) is 7.20. The van der Waals surface area contributed by atoms with Crippen molar-refractivity contribution in [2.45, 2.75) is 52.2 Å². The number of ether oxygens (including phenoxy) is 2. The molecule has 2 atom stereocenters. The monoisotopic (exact) mass is 520 g/mol. The van der Waals surface area contributed by atoms with Crippen LogP contribution < -0.4 is 9.64 Å². The molecule has 0 N–H and O–H groups in total. The minimum absolute atomic E-state index is 0.0473. The third-order valence-corrected chi connectivity index (χ3v) is 6.72. The summed E-state index contributed by atoms with van der Waals surface area (Å²) in [4.78, 5) is 17.1. The number of carbonyl (C=O) groups excluding carboxylic acids is 1. The fraction of sp³-hybridized carbons (Fsp3) is 0.387. The zero-order valence-electron chi connectivity index (χ0n) is 22.4. The Morgan fingerprint density at radius 2 is 1.65 bits per heavy atom. The van der Waals surface area contributed by atoms with Gasteiger partial charge in [-0.3, -0.25) is 0 Å². The number of hydrogen-bond donors (Lipinski definition) is 0. The minimum Gasteiger partial charge on any atom is -0.488 e. The van der Waals surface area contributed by atoms with Gasteiger partial charge in [-0.05, 0) is 80.8 Å². The van der Waals surface area contributed by atoms with Crippen molar-refractivity contribution in [2.24, 2.45) is 5.92 Å². The predicted octanol–water partition coefficient (Wildman–Crippen LogP) is 7.92. The molecule has 37 heavy (non-hydrogen) atoms. The van der Waals surface area contributed by atoms with Gasteiger partial charge in [0.05, 0.1) is 6.54 Å². The van der Waals surface area contributed by atoms with Gasteiger partial charge in [0.1, 0.15) is 17.5 Å². The van der Waals surface area contributed by atoms with Crippen LogP contribution in [-0.4, -0.2) is 42.3 Å². The highest BCUT2D eigenvalue weighted by atomic mass is 35.5. The quantitative estimate of drug-likeness (QED) is 0.317. The Balaban J connectivity index is 1.63. The summed E-state index contributed by atoms with van der Waals surface area (Å²) in [5, 5.41) is 0.694. The molecular weight excluding hydrogens is 484 g/mol. The van der Waals surface area contributed by atoms with Crippen LogP contribution in [0.15, 0.2) is 78.9 Å². The van der Waals surface area contributed by atoms with Crippen molar-refractivity contribution in [3.63, 3.8) is 0 Å². The Morgan fingerprint density at radius 1 is 0.973 bits per heavy atom. The van der Waals surface area contributed by atoms with Gasteiger partial charge in [-0.25, -0.2) is 4.79 Å².